The summed E-state index contributed by atoms with van der Waals surface area (Å²) in [4.78, 5) is 38.4. The van der Waals surface area contributed by atoms with Crippen LogP contribution in [0.1, 0.15) is 17.0 Å². The van der Waals surface area contributed by atoms with E-state index >= 15 is 0 Å². The highest BCUT2D eigenvalue weighted by molar-refractivity contribution is 7.17. The summed E-state index contributed by atoms with van der Waals surface area (Å²) in [7, 11) is 0. The summed E-state index contributed by atoms with van der Waals surface area (Å²) in [5.74, 6) is 0.998. The number of rotatable bonds is 6. The van der Waals surface area contributed by atoms with Crippen LogP contribution in [0.25, 0.3) is 21.3 Å². The van der Waals surface area contributed by atoms with Crippen LogP contribution < -0.4 is 5.32 Å². The van der Waals surface area contributed by atoms with Gasteiger partial charge >= 0.3 is 0 Å². The highest BCUT2D eigenvalue weighted by Crippen LogP contribution is 2.36. The van der Waals surface area contributed by atoms with Crippen molar-refractivity contribution in [3.05, 3.63) is 66.2 Å². The first-order valence-electron chi connectivity index (χ1n) is 10.8. The molecule has 8 nitrogen and oxygen atoms in total. The molecule has 0 spiro atoms. The molecule has 0 bridgehead atoms. The van der Waals surface area contributed by atoms with Crippen LogP contribution in [0.2, 0.25) is 0 Å². The summed E-state index contributed by atoms with van der Waals surface area (Å²) < 4.78 is 5.19. The summed E-state index contributed by atoms with van der Waals surface area (Å²) in [6.07, 6.45) is 3.39. The third-order valence-corrected chi connectivity index (χ3v) is 6.62. The Hall–Kier alpha value is -3.72. The van der Waals surface area contributed by atoms with Gasteiger partial charge in [0.05, 0.1) is 11.6 Å². The molecule has 2 amide bonds. The number of hydrogen-bond acceptors (Lipinski definition) is 7. The van der Waals surface area contributed by atoms with Crippen molar-refractivity contribution in [1.82, 2.24) is 19.8 Å². The largest absolute Gasteiger partial charge is 0.459 e. The van der Waals surface area contributed by atoms with Crippen molar-refractivity contribution in [3.8, 4) is 11.1 Å². The quantitative estimate of drug-likeness (QED) is 0.470. The van der Waals surface area contributed by atoms with E-state index in [0.717, 1.165) is 27.2 Å². The zero-order valence-electron chi connectivity index (χ0n) is 17.9. The SMILES string of the molecule is O=C(CCNc1ncnc2scc(-c3ccccc3)c12)N1CCN(C(=O)c2ccco2)CC1. The van der Waals surface area contributed by atoms with E-state index in [2.05, 4.69) is 32.8 Å². The van der Waals surface area contributed by atoms with Gasteiger partial charge in [-0.25, -0.2) is 9.97 Å². The number of nitrogens with one attached hydrogen (secondary N) is 1. The summed E-state index contributed by atoms with van der Waals surface area (Å²) in [5, 5.41) is 6.40. The van der Waals surface area contributed by atoms with Gasteiger partial charge in [0.2, 0.25) is 5.91 Å². The fourth-order valence-corrected chi connectivity index (χ4v) is 4.92. The van der Waals surface area contributed by atoms with Crippen LogP contribution >= 0.6 is 11.3 Å². The molecule has 4 aromatic rings. The fourth-order valence-electron chi connectivity index (χ4n) is 4.00. The maximum absolute atomic E-state index is 12.7. The first-order valence-corrected chi connectivity index (χ1v) is 11.7. The van der Waals surface area contributed by atoms with Gasteiger partial charge in [0.1, 0.15) is 17.0 Å². The number of thiophene rings is 1. The van der Waals surface area contributed by atoms with Crippen molar-refractivity contribution >= 4 is 39.2 Å². The molecule has 5 rings (SSSR count). The minimum absolute atomic E-state index is 0.0616. The van der Waals surface area contributed by atoms with Crippen molar-refractivity contribution in [2.75, 3.05) is 38.0 Å². The molecule has 33 heavy (non-hydrogen) atoms. The number of fused-ring (bicyclic) bond motifs is 1. The number of carbonyl (C=O) groups excluding carboxylic acids is 2. The number of benzene rings is 1. The number of carbonyl (C=O) groups is 2. The summed E-state index contributed by atoms with van der Waals surface area (Å²) >= 11 is 1.58. The lowest BCUT2D eigenvalue weighted by molar-refractivity contribution is -0.132. The van der Waals surface area contributed by atoms with Crippen LogP contribution in [-0.4, -0.2) is 64.3 Å². The first kappa shape index (κ1) is 21.1. The Bertz CT molecular complexity index is 1250. The van der Waals surface area contributed by atoms with E-state index in [0.29, 0.717) is 44.9 Å². The summed E-state index contributed by atoms with van der Waals surface area (Å²) in [6, 6.07) is 13.5. The number of amides is 2. The van der Waals surface area contributed by atoms with E-state index in [4.69, 9.17) is 4.42 Å². The lowest BCUT2D eigenvalue weighted by Gasteiger charge is -2.34. The van der Waals surface area contributed by atoms with Gasteiger partial charge in [0.15, 0.2) is 5.76 Å². The molecule has 1 saturated heterocycles. The average Bonchev–Trinajstić information content (AvgIpc) is 3.55. The monoisotopic (exact) mass is 461 g/mol. The summed E-state index contributed by atoms with van der Waals surface area (Å²) in [6.45, 7) is 2.51. The molecule has 1 aromatic carbocycles. The van der Waals surface area contributed by atoms with Crippen LogP contribution in [0.4, 0.5) is 5.82 Å². The predicted molar refractivity (Wildman–Crippen MR) is 127 cm³/mol. The molecule has 168 valence electrons. The van der Waals surface area contributed by atoms with Gasteiger partial charge in [-0.3, -0.25) is 9.59 Å². The second-order valence-electron chi connectivity index (χ2n) is 7.74. The molecule has 0 atom stereocenters. The van der Waals surface area contributed by atoms with Crippen LogP contribution in [0, 0.1) is 0 Å². The van der Waals surface area contributed by atoms with E-state index in [1.165, 1.54) is 6.26 Å². The van der Waals surface area contributed by atoms with Crippen LogP contribution in [0.5, 0.6) is 0 Å². The molecule has 0 saturated carbocycles. The standard InChI is InChI=1S/C24H23N5O3S/c30-20(28-10-12-29(13-11-28)24(31)19-7-4-14-32-19)8-9-25-22-21-18(17-5-2-1-3-6-17)15-33-23(21)27-16-26-22/h1-7,14-16H,8-13H2,(H,25,26,27). The van der Waals surface area contributed by atoms with Crippen LogP contribution in [0.15, 0.2) is 64.9 Å². The van der Waals surface area contributed by atoms with Gasteiger partial charge in [-0.2, -0.15) is 0 Å². The highest BCUT2D eigenvalue weighted by Gasteiger charge is 2.25. The molecule has 1 N–H and O–H groups in total. The molecule has 0 unspecified atom stereocenters. The maximum atomic E-state index is 12.7. The molecule has 1 aliphatic heterocycles. The molecule has 3 aromatic heterocycles. The van der Waals surface area contributed by atoms with E-state index in [-0.39, 0.29) is 11.8 Å². The molecule has 0 aliphatic carbocycles. The fraction of sp³-hybridized carbons (Fsp3) is 0.250. The average molecular weight is 462 g/mol. The number of nitrogens with zero attached hydrogens (tertiary/aromatic N) is 4. The van der Waals surface area contributed by atoms with Crippen molar-refractivity contribution in [1.29, 1.82) is 0 Å². The van der Waals surface area contributed by atoms with Crippen LogP contribution in [-0.2, 0) is 4.79 Å². The van der Waals surface area contributed by atoms with Crippen molar-refractivity contribution in [3.63, 3.8) is 0 Å². The Morgan fingerprint density at radius 1 is 1.00 bits per heavy atom. The van der Waals surface area contributed by atoms with Gasteiger partial charge in [0.25, 0.3) is 5.91 Å². The molecule has 1 aliphatic rings. The normalized spacial score (nSPS) is 13.9. The van der Waals surface area contributed by atoms with Gasteiger partial charge in [-0.1, -0.05) is 30.3 Å². The van der Waals surface area contributed by atoms with Gasteiger partial charge in [-0.15, -0.1) is 11.3 Å². The predicted octanol–water partition coefficient (Wildman–Crippen LogP) is 3.74. The molecule has 9 heteroatoms. The molecular formula is C24H23N5O3S. The highest BCUT2D eigenvalue weighted by atomic mass is 32.1. The van der Waals surface area contributed by atoms with Gasteiger partial charge in [0, 0.05) is 50.1 Å². The van der Waals surface area contributed by atoms with Crippen LogP contribution in [0.3, 0.4) is 0 Å². The Labute approximate surface area is 194 Å². The van der Waals surface area contributed by atoms with E-state index in [1.54, 1.807) is 34.7 Å². The third kappa shape index (κ3) is 4.45. The van der Waals surface area contributed by atoms with Gasteiger partial charge in [-0.05, 0) is 17.7 Å². The van der Waals surface area contributed by atoms with Crippen molar-refractivity contribution in [2.45, 2.75) is 6.42 Å². The number of aromatic nitrogens is 2. The third-order valence-electron chi connectivity index (χ3n) is 5.74. The Morgan fingerprint density at radius 2 is 1.79 bits per heavy atom. The molecule has 4 heterocycles. The second-order valence-corrected chi connectivity index (χ2v) is 8.60. The zero-order valence-corrected chi connectivity index (χ0v) is 18.8. The number of furan rings is 1. The number of piperazine rings is 1. The van der Waals surface area contributed by atoms with E-state index in [1.807, 2.05) is 23.1 Å². The lowest BCUT2D eigenvalue weighted by Crippen LogP contribution is -2.50. The van der Waals surface area contributed by atoms with E-state index < -0.39 is 0 Å². The maximum Gasteiger partial charge on any atom is 0.289 e. The topological polar surface area (TPSA) is 91.6 Å². The minimum atomic E-state index is -0.133. The molecule has 1 fully saturated rings. The van der Waals surface area contributed by atoms with Crippen molar-refractivity contribution in [2.24, 2.45) is 0 Å². The number of anilines is 1. The second kappa shape index (κ2) is 9.41. The number of hydrogen-bond donors (Lipinski definition) is 1. The van der Waals surface area contributed by atoms with Gasteiger partial charge < -0.3 is 19.5 Å². The first-order chi connectivity index (χ1) is 16.2. The zero-order chi connectivity index (χ0) is 22.6. The van der Waals surface area contributed by atoms with Crippen molar-refractivity contribution < 1.29 is 14.0 Å². The summed E-state index contributed by atoms with van der Waals surface area (Å²) in [5.41, 5.74) is 2.20. The lowest BCUT2D eigenvalue weighted by atomic mass is 10.1. The smallest absolute Gasteiger partial charge is 0.289 e. The molecule has 0 radical (unpaired) electrons. The van der Waals surface area contributed by atoms with E-state index in [9.17, 15) is 9.59 Å². The molecular weight excluding hydrogens is 438 g/mol. The Kier molecular flexibility index (Phi) is 6.03. The Morgan fingerprint density at radius 3 is 2.55 bits per heavy atom. The minimum Gasteiger partial charge on any atom is -0.459 e. The Balaban J connectivity index is 1.18.